The van der Waals surface area contributed by atoms with Crippen molar-refractivity contribution < 1.29 is 0 Å². The van der Waals surface area contributed by atoms with Crippen LogP contribution < -0.4 is 11.1 Å². The number of aliphatic imine (C=N–C) groups is 2. The van der Waals surface area contributed by atoms with E-state index in [4.69, 9.17) is 5.73 Å². The Morgan fingerprint density at radius 1 is 1.50 bits per heavy atom. The van der Waals surface area contributed by atoms with Crippen LogP contribution in [0.2, 0.25) is 0 Å². The zero-order chi connectivity index (χ0) is 12.0. The Kier molecular flexibility index (Phi) is 4.27. The molecule has 16 heavy (non-hydrogen) atoms. The van der Waals surface area contributed by atoms with Crippen LogP contribution in [0.5, 0.6) is 0 Å². The summed E-state index contributed by atoms with van der Waals surface area (Å²) in [4.78, 5) is 8.11. The van der Waals surface area contributed by atoms with Crippen molar-refractivity contribution in [1.82, 2.24) is 0 Å². The van der Waals surface area contributed by atoms with Gasteiger partial charge in [0.05, 0.1) is 5.69 Å². The van der Waals surface area contributed by atoms with Gasteiger partial charge in [0.15, 0.2) is 0 Å². The number of hydrogen-bond donors (Lipinski definition) is 2. The lowest BCUT2D eigenvalue weighted by Crippen LogP contribution is -2.07. The number of benzene rings is 1. The van der Waals surface area contributed by atoms with Gasteiger partial charge in [-0.3, -0.25) is 0 Å². The van der Waals surface area contributed by atoms with Crippen LogP contribution in [-0.2, 0) is 0 Å². The summed E-state index contributed by atoms with van der Waals surface area (Å²) in [5, 5.41) is 3.05. The molecule has 3 N–H and O–H groups in total. The highest BCUT2D eigenvalue weighted by molar-refractivity contribution is 5.91. The van der Waals surface area contributed by atoms with Gasteiger partial charge in [0, 0.05) is 18.9 Å². The van der Waals surface area contributed by atoms with E-state index in [9.17, 15) is 0 Å². The summed E-state index contributed by atoms with van der Waals surface area (Å²) in [5.74, 6) is 0.219. The van der Waals surface area contributed by atoms with Crippen LogP contribution in [0.15, 0.2) is 40.8 Å². The molecule has 0 spiro atoms. The van der Waals surface area contributed by atoms with Gasteiger partial charge in [-0.1, -0.05) is 18.7 Å². The molecular weight excluding hydrogens is 200 g/mol. The molecule has 4 nitrogen and oxygen atoms in total. The molecule has 0 atom stereocenters. The zero-order valence-corrected chi connectivity index (χ0v) is 9.57. The third kappa shape index (κ3) is 3.24. The molecule has 0 aliphatic heterocycles. The molecular formula is C12H16N4. The molecule has 0 unspecified atom stereocenters. The Hall–Kier alpha value is -2.10. The average molecular weight is 216 g/mol. The van der Waals surface area contributed by atoms with Crippen molar-refractivity contribution in [2.45, 2.75) is 6.92 Å². The topological polar surface area (TPSA) is 62.8 Å². The van der Waals surface area contributed by atoms with E-state index < -0.39 is 0 Å². The zero-order valence-electron chi connectivity index (χ0n) is 9.57. The fourth-order valence-corrected chi connectivity index (χ4v) is 1.17. The van der Waals surface area contributed by atoms with E-state index in [1.54, 1.807) is 6.08 Å². The summed E-state index contributed by atoms with van der Waals surface area (Å²) in [6.07, 6.45) is 3.06. The highest BCUT2D eigenvalue weighted by Crippen LogP contribution is 2.22. The summed E-state index contributed by atoms with van der Waals surface area (Å²) < 4.78 is 0. The monoisotopic (exact) mass is 216 g/mol. The Balaban J connectivity index is 3.03. The Labute approximate surface area is 95.6 Å². The molecule has 0 amide bonds. The Morgan fingerprint density at radius 3 is 2.88 bits per heavy atom. The lowest BCUT2D eigenvalue weighted by atomic mass is 10.2. The van der Waals surface area contributed by atoms with Crippen molar-refractivity contribution in [3.63, 3.8) is 0 Å². The number of aryl methyl sites for hydroxylation is 1. The van der Waals surface area contributed by atoms with Gasteiger partial charge in [-0.15, -0.1) is 0 Å². The SMILES string of the molecule is C=C/C=N/C(N)=Nc1cc(NC)ccc1C. The van der Waals surface area contributed by atoms with Gasteiger partial charge in [-0.05, 0) is 24.6 Å². The first kappa shape index (κ1) is 12.0. The maximum absolute atomic E-state index is 5.64. The van der Waals surface area contributed by atoms with Gasteiger partial charge in [-0.25, -0.2) is 9.98 Å². The number of rotatable bonds is 3. The lowest BCUT2D eigenvalue weighted by molar-refractivity contribution is 1.35. The third-order valence-corrected chi connectivity index (χ3v) is 2.05. The first-order valence-corrected chi connectivity index (χ1v) is 4.95. The minimum atomic E-state index is 0.219. The van der Waals surface area contributed by atoms with Crippen molar-refractivity contribution in [2.75, 3.05) is 12.4 Å². The number of hydrogen-bond acceptors (Lipinski definition) is 2. The summed E-state index contributed by atoms with van der Waals surface area (Å²) in [6, 6.07) is 5.89. The standard InChI is InChI=1S/C12H16N4/c1-4-7-15-12(13)16-11-8-10(14-3)6-5-9(11)2/h4-8,14H,1H2,2-3H3,(H2,13,16)/b15-7+. The first-order chi connectivity index (χ1) is 7.67. The lowest BCUT2D eigenvalue weighted by Gasteiger charge is -2.04. The molecule has 0 bridgehead atoms. The van der Waals surface area contributed by atoms with Gasteiger partial charge in [0.25, 0.3) is 0 Å². The molecule has 0 saturated carbocycles. The van der Waals surface area contributed by atoms with Crippen LogP contribution >= 0.6 is 0 Å². The molecule has 0 aliphatic carbocycles. The molecule has 1 aromatic rings. The second-order valence-corrected chi connectivity index (χ2v) is 3.24. The maximum Gasteiger partial charge on any atom is 0.220 e. The first-order valence-electron chi connectivity index (χ1n) is 4.95. The second kappa shape index (κ2) is 5.70. The third-order valence-electron chi connectivity index (χ3n) is 2.05. The van der Waals surface area contributed by atoms with Crippen molar-refractivity contribution in [3.8, 4) is 0 Å². The molecule has 1 rings (SSSR count). The minimum Gasteiger partial charge on any atom is -0.388 e. The van der Waals surface area contributed by atoms with Crippen molar-refractivity contribution >= 4 is 23.5 Å². The second-order valence-electron chi connectivity index (χ2n) is 3.24. The van der Waals surface area contributed by atoms with E-state index in [0.29, 0.717) is 0 Å². The van der Waals surface area contributed by atoms with E-state index in [0.717, 1.165) is 16.9 Å². The summed E-state index contributed by atoms with van der Waals surface area (Å²) >= 11 is 0. The van der Waals surface area contributed by atoms with Crippen molar-refractivity contribution in [2.24, 2.45) is 15.7 Å². The van der Waals surface area contributed by atoms with Crippen molar-refractivity contribution in [1.29, 1.82) is 0 Å². The fourth-order valence-electron chi connectivity index (χ4n) is 1.17. The van der Waals surface area contributed by atoms with E-state index in [-0.39, 0.29) is 5.96 Å². The molecule has 0 radical (unpaired) electrons. The van der Waals surface area contributed by atoms with Gasteiger partial charge in [0.1, 0.15) is 0 Å². The van der Waals surface area contributed by atoms with E-state index in [2.05, 4.69) is 21.9 Å². The predicted molar refractivity (Wildman–Crippen MR) is 70.7 cm³/mol. The van der Waals surface area contributed by atoms with Gasteiger partial charge in [-0.2, -0.15) is 0 Å². The van der Waals surface area contributed by atoms with Crippen molar-refractivity contribution in [3.05, 3.63) is 36.4 Å². The number of guanidine groups is 1. The Bertz CT molecular complexity index is 433. The molecule has 84 valence electrons. The molecule has 0 aliphatic rings. The number of nitrogens with two attached hydrogens (primary N) is 1. The molecule has 0 heterocycles. The largest absolute Gasteiger partial charge is 0.388 e. The number of nitrogens with zero attached hydrogens (tertiary/aromatic N) is 2. The number of nitrogens with one attached hydrogen (secondary N) is 1. The fraction of sp³-hybridized carbons (Fsp3) is 0.167. The Morgan fingerprint density at radius 2 is 2.25 bits per heavy atom. The average Bonchev–Trinajstić information content (AvgIpc) is 2.29. The smallest absolute Gasteiger partial charge is 0.220 e. The molecule has 0 fully saturated rings. The predicted octanol–water partition coefficient (Wildman–Crippen LogP) is 2.24. The summed E-state index contributed by atoms with van der Waals surface area (Å²) in [7, 11) is 1.86. The van der Waals surface area contributed by atoms with Crippen LogP contribution in [0, 0.1) is 6.92 Å². The molecule has 1 aromatic carbocycles. The summed E-state index contributed by atoms with van der Waals surface area (Å²) in [5.41, 5.74) is 8.49. The van der Waals surface area contributed by atoms with Crippen LogP contribution in [0.4, 0.5) is 11.4 Å². The number of allylic oxidation sites excluding steroid dienone is 1. The van der Waals surface area contributed by atoms with Gasteiger partial charge >= 0.3 is 0 Å². The quantitative estimate of drug-likeness (QED) is 0.601. The van der Waals surface area contributed by atoms with E-state index >= 15 is 0 Å². The van der Waals surface area contributed by atoms with Crippen LogP contribution in [0.3, 0.4) is 0 Å². The highest BCUT2D eigenvalue weighted by Gasteiger charge is 1.98. The van der Waals surface area contributed by atoms with Crippen LogP contribution in [0.25, 0.3) is 0 Å². The highest BCUT2D eigenvalue weighted by atomic mass is 15.0. The molecule has 4 heteroatoms. The van der Waals surface area contributed by atoms with E-state index in [1.807, 2.05) is 32.2 Å². The maximum atomic E-state index is 5.64. The summed E-state index contributed by atoms with van der Waals surface area (Å²) in [6.45, 7) is 5.49. The normalized spacial score (nSPS) is 11.8. The molecule has 0 aromatic heterocycles. The minimum absolute atomic E-state index is 0.219. The number of anilines is 1. The van der Waals surface area contributed by atoms with Crippen LogP contribution in [-0.4, -0.2) is 19.2 Å². The van der Waals surface area contributed by atoms with Gasteiger partial charge < -0.3 is 11.1 Å². The van der Waals surface area contributed by atoms with Gasteiger partial charge in [0.2, 0.25) is 5.96 Å². The van der Waals surface area contributed by atoms with Crippen LogP contribution in [0.1, 0.15) is 5.56 Å². The molecule has 0 saturated heterocycles. The van der Waals surface area contributed by atoms with E-state index in [1.165, 1.54) is 6.21 Å².